The molecule has 0 aromatic heterocycles. The van der Waals surface area contributed by atoms with E-state index in [2.05, 4.69) is 26.8 Å². The van der Waals surface area contributed by atoms with Crippen LogP contribution < -0.4 is 4.74 Å². The summed E-state index contributed by atoms with van der Waals surface area (Å²) in [5.74, 6) is 0.839. The molecule has 1 aromatic rings. The topological polar surface area (TPSA) is 35.5 Å². The van der Waals surface area contributed by atoms with Gasteiger partial charge in [0.15, 0.2) is 0 Å². The van der Waals surface area contributed by atoms with E-state index in [1.165, 1.54) is 12.5 Å². The first-order chi connectivity index (χ1) is 12.8. The summed E-state index contributed by atoms with van der Waals surface area (Å²) in [5, 5.41) is 0. The minimum absolute atomic E-state index is 0.0368. The van der Waals surface area contributed by atoms with Gasteiger partial charge in [-0.05, 0) is 75.6 Å². The van der Waals surface area contributed by atoms with Gasteiger partial charge in [-0.15, -0.1) is 11.8 Å². The molecular weight excluding hydrogens is 356 g/mol. The molecule has 0 aliphatic rings. The highest BCUT2D eigenvalue weighted by Gasteiger charge is 2.15. The number of benzene rings is 1. The fraction of sp³-hybridized carbons (Fsp3) is 0.522. The summed E-state index contributed by atoms with van der Waals surface area (Å²) in [6.07, 6.45) is 12.1. The van der Waals surface area contributed by atoms with Crippen molar-refractivity contribution in [2.75, 3.05) is 13.4 Å². The molecule has 1 aromatic carbocycles. The number of carbonyl (C=O) groups excluding carboxylic acids is 1. The van der Waals surface area contributed by atoms with Crippen molar-refractivity contribution in [3.05, 3.63) is 48.1 Å². The van der Waals surface area contributed by atoms with E-state index < -0.39 is 0 Å². The lowest BCUT2D eigenvalue weighted by Crippen LogP contribution is -2.22. The van der Waals surface area contributed by atoms with E-state index in [4.69, 9.17) is 9.47 Å². The normalized spacial score (nSPS) is 13.8. The van der Waals surface area contributed by atoms with E-state index in [0.29, 0.717) is 11.7 Å². The number of carbonyl (C=O) groups is 1. The van der Waals surface area contributed by atoms with E-state index in [1.54, 1.807) is 18.9 Å². The van der Waals surface area contributed by atoms with Gasteiger partial charge in [-0.3, -0.25) is 0 Å². The highest BCUT2D eigenvalue weighted by molar-refractivity contribution is 7.98. The maximum atomic E-state index is 12.0. The average Bonchev–Trinajstić information content (AvgIpc) is 2.62. The van der Waals surface area contributed by atoms with Crippen molar-refractivity contribution in [2.45, 2.75) is 63.9 Å². The summed E-state index contributed by atoms with van der Waals surface area (Å²) in [4.78, 5) is 13.1. The number of hydrogen-bond acceptors (Lipinski definition) is 4. The zero-order chi connectivity index (χ0) is 20.3. The molecule has 3 nitrogen and oxygen atoms in total. The Labute approximate surface area is 169 Å². The largest absolute Gasteiger partial charge is 0.423 e. The van der Waals surface area contributed by atoms with Gasteiger partial charge >= 0.3 is 5.97 Å². The number of hydrogen-bond donors (Lipinski definition) is 0. The zero-order valence-corrected chi connectivity index (χ0v) is 18.4. The van der Waals surface area contributed by atoms with Crippen molar-refractivity contribution in [2.24, 2.45) is 5.92 Å². The fourth-order valence-corrected chi connectivity index (χ4v) is 3.01. The summed E-state index contributed by atoms with van der Waals surface area (Å²) < 4.78 is 10.8. The van der Waals surface area contributed by atoms with Gasteiger partial charge in [0, 0.05) is 18.1 Å². The highest BCUT2D eigenvalue weighted by Crippen LogP contribution is 2.21. The Morgan fingerprint density at radius 1 is 1.26 bits per heavy atom. The second-order valence-electron chi connectivity index (χ2n) is 7.58. The Hall–Kier alpha value is -1.52. The Morgan fingerprint density at radius 3 is 2.52 bits per heavy atom. The van der Waals surface area contributed by atoms with Gasteiger partial charge in [-0.1, -0.05) is 31.9 Å². The smallest absolute Gasteiger partial charge is 0.336 e. The van der Waals surface area contributed by atoms with Gasteiger partial charge in [-0.2, -0.15) is 0 Å². The summed E-state index contributed by atoms with van der Waals surface area (Å²) in [7, 11) is 1.77. The standard InChI is InChI=1S/C23H34O3S/c1-18(11-8-16-23(3,4)25-5)9-7-10-19(2)17-22(24)26-20-12-14-21(27-6)15-13-20/h7,10,12-15,17-18H,8-9,11,16H2,1-6H3/b10-7+,19-17+. The number of rotatable bonds is 11. The first-order valence-electron chi connectivity index (χ1n) is 9.51. The molecule has 1 unspecified atom stereocenters. The summed E-state index contributed by atoms with van der Waals surface area (Å²) in [5.41, 5.74) is 0.860. The van der Waals surface area contributed by atoms with Crippen molar-refractivity contribution >= 4 is 17.7 Å². The van der Waals surface area contributed by atoms with E-state index in [9.17, 15) is 4.79 Å². The van der Waals surface area contributed by atoms with Crippen LogP contribution in [0.25, 0.3) is 0 Å². The molecule has 0 spiro atoms. The molecule has 0 N–H and O–H groups in total. The van der Waals surface area contributed by atoms with Crippen LogP contribution in [0.4, 0.5) is 0 Å². The SMILES string of the molecule is COC(C)(C)CCCC(C)C/C=C/C(C)=C/C(=O)Oc1ccc(SC)cc1. The third kappa shape index (κ3) is 10.4. The Bertz CT molecular complexity index is 630. The first kappa shape index (κ1) is 23.5. The monoisotopic (exact) mass is 390 g/mol. The summed E-state index contributed by atoms with van der Waals surface area (Å²) in [6, 6.07) is 7.52. The van der Waals surface area contributed by atoms with Crippen LogP contribution in [0.5, 0.6) is 5.75 Å². The van der Waals surface area contributed by atoms with Crippen LogP contribution >= 0.6 is 11.8 Å². The van der Waals surface area contributed by atoms with Gasteiger partial charge < -0.3 is 9.47 Å². The van der Waals surface area contributed by atoms with Crippen LogP contribution in [-0.2, 0) is 9.53 Å². The molecule has 27 heavy (non-hydrogen) atoms. The van der Waals surface area contributed by atoms with Crippen LogP contribution in [0.15, 0.2) is 53.0 Å². The van der Waals surface area contributed by atoms with Crippen molar-refractivity contribution in [3.8, 4) is 5.75 Å². The molecule has 0 heterocycles. The molecule has 0 aliphatic carbocycles. The van der Waals surface area contributed by atoms with Crippen molar-refractivity contribution in [1.82, 2.24) is 0 Å². The number of ether oxygens (including phenoxy) is 2. The van der Waals surface area contributed by atoms with Crippen LogP contribution in [0.2, 0.25) is 0 Å². The predicted octanol–water partition coefficient (Wildman–Crippen LogP) is 6.44. The maximum Gasteiger partial charge on any atom is 0.336 e. The average molecular weight is 391 g/mol. The molecule has 4 heteroatoms. The Kier molecular flexibility index (Phi) is 10.5. The molecule has 150 valence electrons. The maximum absolute atomic E-state index is 12.0. The van der Waals surface area contributed by atoms with E-state index in [0.717, 1.165) is 29.7 Å². The molecule has 0 saturated heterocycles. The number of thioether (sulfide) groups is 1. The van der Waals surface area contributed by atoms with Crippen molar-refractivity contribution < 1.29 is 14.3 Å². The lowest BCUT2D eigenvalue weighted by atomic mass is 9.95. The van der Waals surface area contributed by atoms with Crippen LogP contribution in [-0.4, -0.2) is 24.9 Å². The number of esters is 1. The molecule has 1 rings (SSSR count). The lowest BCUT2D eigenvalue weighted by molar-refractivity contribution is -0.129. The highest BCUT2D eigenvalue weighted by atomic mass is 32.2. The second kappa shape index (κ2) is 12.0. The minimum atomic E-state index is -0.344. The van der Waals surface area contributed by atoms with E-state index in [1.807, 2.05) is 43.5 Å². The third-order valence-corrected chi connectivity index (χ3v) is 5.31. The Balaban J connectivity index is 2.37. The van der Waals surface area contributed by atoms with Gasteiger partial charge in [0.05, 0.1) is 5.60 Å². The summed E-state index contributed by atoms with van der Waals surface area (Å²) >= 11 is 1.66. The van der Waals surface area contributed by atoms with Crippen LogP contribution in [0.1, 0.15) is 53.4 Å². The Morgan fingerprint density at radius 2 is 1.93 bits per heavy atom. The van der Waals surface area contributed by atoms with Gasteiger partial charge in [0.25, 0.3) is 0 Å². The molecule has 0 radical (unpaired) electrons. The van der Waals surface area contributed by atoms with E-state index >= 15 is 0 Å². The molecule has 0 amide bonds. The molecule has 0 bridgehead atoms. The second-order valence-corrected chi connectivity index (χ2v) is 8.46. The number of allylic oxidation sites excluding steroid dienone is 3. The molecular formula is C23H34O3S. The first-order valence-corrected chi connectivity index (χ1v) is 10.7. The van der Waals surface area contributed by atoms with Gasteiger partial charge in [-0.25, -0.2) is 4.79 Å². The van der Waals surface area contributed by atoms with Gasteiger partial charge in [0.1, 0.15) is 5.75 Å². The third-order valence-electron chi connectivity index (χ3n) is 4.57. The number of methoxy groups -OCH3 is 1. The minimum Gasteiger partial charge on any atom is -0.423 e. The molecule has 0 saturated carbocycles. The lowest BCUT2D eigenvalue weighted by Gasteiger charge is -2.23. The van der Waals surface area contributed by atoms with Crippen molar-refractivity contribution in [3.63, 3.8) is 0 Å². The quantitative estimate of drug-likeness (QED) is 0.143. The van der Waals surface area contributed by atoms with Crippen LogP contribution in [0, 0.1) is 5.92 Å². The molecule has 1 atom stereocenters. The zero-order valence-electron chi connectivity index (χ0n) is 17.6. The fourth-order valence-electron chi connectivity index (χ4n) is 2.61. The predicted molar refractivity (Wildman–Crippen MR) is 115 cm³/mol. The van der Waals surface area contributed by atoms with Crippen LogP contribution in [0.3, 0.4) is 0 Å². The molecule has 0 aliphatic heterocycles. The van der Waals surface area contributed by atoms with Gasteiger partial charge in [0.2, 0.25) is 0 Å². The summed E-state index contributed by atoms with van der Waals surface area (Å²) in [6.45, 7) is 8.43. The van der Waals surface area contributed by atoms with E-state index in [-0.39, 0.29) is 11.6 Å². The van der Waals surface area contributed by atoms with Crippen molar-refractivity contribution in [1.29, 1.82) is 0 Å². The molecule has 0 fully saturated rings.